The Hall–Kier alpha value is -2.04. The van der Waals surface area contributed by atoms with Crippen molar-refractivity contribution in [2.24, 2.45) is 0 Å². The first-order chi connectivity index (χ1) is 9.56. The SMILES string of the molecule is CCc1ccc(N[C@H]2CCN(C)C2=O)c(C(=O)OC)c1. The molecule has 1 amide bonds. The van der Waals surface area contributed by atoms with Gasteiger partial charge in [0.2, 0.25) is 5.91 Å². The van der Waals surface area contributed by atoms with Crippen molar-refractivity contribution in [3.63, 3.8) is 0 Å². The van der Waals surface area contributed by atoms with Crippen LogP contribution in [0.25, 0.3) is 0 Å². The van der Waals surface area contributed by atoms with Crippen molar-refractivity contribution < 1.29 is 14.3 Å². The average molecular weight is 276 g/mol. The maximum atomic E-state index is 11.9. The summed E-state index contributed by atoms with van der Waals surface area (Å²) in [4.78, 5) is 25.5. The highest BCUT2D eigenvalue weighted by Crippen LogP contribution is 2.22. The molecule has 0 bridgehead atoms. The lowest BCUT2D eigenvalue weighted by Gasteiger charge is -2.16. The highest BCUT2D eigenvalue weighted by atomic mass is 16.5. The summed E-state index contributed by atoms with van der Waals surface area (Å²) in [5, 5.41) is 3.16. The minimum atomic E-state index is -0.387. The van der Waals surface area contributed by atoms with Crippen LogP contribution < -0.4 is 5.32 Å². The number of hydrogen-bond donors (Lipinski definition) is 1. The van der Waals surface area contributed by atoms with Gasteiger partial charge in [-0.15, -0.1) is 0 Å². The number of ether oxygens (including phenoxy) is 1. The maximum Gasteiger partial charge on any atom is 0.339 e. The number of methoxy groups -OCH3 is 1. The van der Waals surface area contributed by atoms with Gasteiger partial charge in [-0.3, -0.25) is 4.79 Å². The molecule has 1 atom stereocenters. The van der Waals surface area contributed by atoms with Gasteiger partial charge in [0.1, 0.15) is 6.04 Å². The summed E-state index contributed by atoms with van der Waals surface area (Å²) in [6, 6.07) is 5.35. The normalized spacial score (nSPS) is 18.2. The second-order valence-electron chi connectivity index (χ2n) is 4.97. The first-order valence-corrected chi connectivity index (χ1v) is 6.79. The molecule has 20 heavy (non-hydrogen) atoms. The van der Waals surface area contributed by atoms with E-state index in [2.05, 4.69) is 5.32 Å². The molecular weight excluding hydrogens is 256 g/mol. The smallest absolute Gasteiger partial charge is 0.339 e. The summed E-state index contributed by atoms with van der Waals surface area (Å²) in [5.41, 5.74) is 2.20. The summed E-state index contributed by atoms with van der Waals surface area (Å²) in [6.45, 7) is 2.76. The van der Waals surface area contributed by atoms with Crippen LogP contribution in [-0.4, -0.2) is 43.5 Å². The highest BCUT2D eigenvalue weighted by Gasteiger charge is 2.29. The minimum absolute atomic E-state index is 0.0559. The number of nitrogens with zero attached hydrogens (tertiary/aromatic N) is 1. The average Bonchev–Trinajstić information content (AvgIpc) is 2.79. The van der Waals surface area contributed by atoms with Gasteiger partial charge >= 0.3 is 5.97 Å². The van der Waals surface area contributed by atoms with Crippen LogP contribution in [0, 0.1) is 0 Å². The monoisotopic (exact) mass is 276 g/mol. The van der Waals surface area contributed by atoms with Gasteiger partial charge in [0.25, 0.3) is 0 Å². The number of rotatable bonds is 4. The predicted octanol–water partition coefficient (Wildman–Crippen LogP) is 1.68. The largest absolute Gasteiger partial charge is 0.465 e. The van der Waals surface area contributed by atoms with Crippen LogP contribution in [0.3, 0.4) is 0 Å². The number of amides is 1. The second-order valence-corrected chi connectivity index (χ2v) is 4.97. The Morgan fingerprint density at radius 2 is 2.25 bits per heavy atom. The van der Waals surface area contributed by atoms with E-state index in [0.29, 0.717) is 11.3 Å². The summed E-state index contributed by atoms with van der Waals surface area (Å²) in [5.74, 6) is -0.331. The fraction of sp³-hybridized carbons (Fsp3) is 0.467. The number of hydrogen-bond acceptors (Lipinski definition) is 4. The minimum Gasteiger partial charge on any atom is -0.465 e. The number of carbonyl (C=O) groups excluding carboxylic acids is 2. The van der Waals surface area contributed by atoms with Crippen LogP contribution in [-0.2, 0) is 16.0 Å². The van der Waals surface area contributed by atoms with Gasteiger partial charge < -0.3 is 15.0 Å². The van der Waals surface area contributed by atoms with Gasteiger partial charge in [-0.1, -0.05) is 13.0 Å². The van der Waals surface area contributed by atoms with Gasteiger partial charge in [-0.25, -0.2) is 4.79 Å². The van der Waals surface area contributed by atoms with E-state index in [1.54, 1.807) is 11.9 Å². The van der Waals surface area contributed by atoms with E-state index in [9.17, 15) is 9.59 Å². The van der Waals surface area contributed by atoms with Crippen molar-refractivity contribution in [2.75, 3.05) is 26.0 Å². The number of carbonyl (C=O) groups is 2. The number of anilines is 1. The molecule has 0 unspecified atom stereocenters. The van der Waals surface area contributed by atoms with Gasteiger partial charge in [-0.05, 0) is 30.5 Å². The van der Waals surface area contributed by atoms with Gasteiger partial charge in [-0.2, -0.15) is 0 Å². The van der Waals surface area contributed by atoms with E-state index in [1.165, 1.54) is 7.11 Å². The topological polar surface area (TPSA) is 58.6 Å². The molecule has 0 radical (unpaired) electrons. The number of benzene rings is 1. The Bertz CT molecular complexity index is 528. The van der Waals surface area contributed by atoms with E-state index in [1.807, 2.05) is 25.1 Å². The van der Waals surface area contributed by atoms with Crippen molar-refractivity contribution >= 4 is 17.6 Å². The third-order valence-corrected chi connectivity index (χ3v) is 3.65. The molecule has 1 aliphatic rings. The first kappa shape index (κ1) is 14.4. The van der Waals surface area contributed by atoms with E-state index < -0.39 is 0 Å². The van der Waals surface area contributed by atoms with Gasteiger partial charge in [0.05, 0.1) is 12.7 Å². The number of esters is 1. The summed E-state index contributed by atoms with van der Waals surface area (Å²) >= 11 is 0. The molecule has 1 N–H and O–H groups in total. The van der Waals surface area contributed by atoms with Crippen molar-refractivity contribution in [3.05, 3.63) is 29.3 Å². The Labute approximate surface area is 118 Å². The van der Waals surface area contributed by atoms with Crippen molar-refractivity contribution in [3.8, 4) is 0 Å². The molecule has 1 heterocycles. The molecule has 5 heteroatoms. The molecular formula is C15H20N2O3. The van der Waals surface area contributed by atoms with Crippen molar-refractivity contribution in [1.29, 1.82) is 0 Å². The van der Waals surface area contributed by atoms with Crippen molar-refractivity contribution in [2.45, 2.75) is 25.8 Å². The highest BCUT2D eigenvalue weighted by molar-refractivity contribution is 5.97. The first-order valence-electron chi connectivity index (χ1n) is 6.79. The third kappa shape index (κ3) is 2.76. The van der Waals surface area contributed by atoms with E-state index in [-0.39, 0.29) is 17.9 Å². The van der Waals surface area contributed by atoms with E-state index in [4.69, 9.17) is 4.74 Å². The quantitative estimate of drug-likeness (QED) is 0.850. The zero-order chi connectivity index (χ0) is 14.7. The molecule has 1 aromatic carbocycles. The number of aryl methyl sites for hydroxylation is 1. The van der Waals surface area contributed by atoms with Crippen LogP contribution in [0.15, 0.2) is 18.2 Å². The Morgan fingerprint density at radius 1 is 1.50 bits per heavy atom. The van der Waals surface area contributed by atoms with Crippen LogP contribution >= 0.6 is 0 Å². The number of nitrogens with one attached hydrogen (secondary N) is 1. The molecule has 1 aliphatic heterocycles. The molecule has 108 valence electrons. The lowest BCUT2D eigenvalue weighted by molar-refractivity contribution is -0.127. The third-order valence-electron chi connectivity index (χ3n) is 3.65. The maximum absolute atomic E-state index is 11.9. The van der Waals surface area contributed by atoms with Crippen LogP contribution in [0.2, 0.25) is 0 Å². The number of likely N-dealkylation sites (tertiary alicyclic amines) is 1. The zero-order valence-electron chi connectivity index (χ0n) is 12.1. The molecule has 5 nitrogen and oxygen atoms in total. The summed E-state index contributed by atoms with van der Waals surface area (Å²) in [7, 11) is 3.14. The molecule has 1 aromatic rings. The molecule has 1 saturated heterocycles. The molecule has 2 rings (SSSR count). The summed E-state index contributed by atoms with van der Waals surface area (Å²) < 4.78 is 4.81. The zero-order valence-corrected chi connectivity index (χ0v) is 12.1. The van der Waals surface area contributed by atoms with Gasteiger partial charge in [0, 0.05) is 19.3 Å². The lowest BCUT2D eigenvalue weighted by Crippen LogP contribution is -2.31. The fourth-order valence-corrected chi connectivity index (χ4v) is 2.36. The van der Waals surface area contributed by atoms with Crippen molar-refractivity contribution in [1.82, 2.24) is 4.90 Å². The van der Waals surface area contributed by atoms with E-state index in [0.717, 1.165) is 24.9 Å². The molecule has 0 aliphatic carbocycles. The second kappa shape index (κ2) is 5.94. The molecule has 0 saturated carbocycles. The number of likely N-dealkylation sites (N-methyl/N-ethyl adjacent to an activating group) is 1. The fourth-order valence-electron chi connectivity index (χ4n) is 2.36. The van der Waals surface area contributed by atoms with Gasteiger partial charge in [0.15, 0.2) is 0 Å². The Balaban J connectivity index is 2.26. The molecule has 0 aromatic heterocycles. The van der Waals surface area contributed by atoms with E-state index >= 15 is 0 Å². The Kier molecular flexibility index (Phi) is 4.27. The predicted molar refractivity (Wildman–Crippen MR) is 76.8 cm³/mol. The van der Waals surface area contributed by atoms with Crippen LogP contribution in [0.5, 0.6) is 0 Å². The lowest BCUT2D eigenvalue weighted by atomic mass is 10.1. The van der Waals surface area contributed by atoms with Crippen LogP contribution in [0.4, 0.5) is 5.69 Å². The molecule has 1 fully saturated rings. The molecule has 0 spiro atoms. The standard InChI is InChI=1S/C15H20N2O3/c1-4-10-5-6-12(11(9-10)15(19)20-3)16-13-7-8-17(2)14(13)18/h5-6,9,13,16H,4,7-8H2,1-3H3/t13-/m0/s1. The summed E-state index contributed by atoms with van der Waals surface area (Å²) in [6.07, 6.45) is 1.58. The van der Waals surface area contributed by atoms with Crippen LogP contribution in [0.1, 0.15) is 29.3 Å². The Morgan fingerprint density at radius 3 is 2.80 bits per heavy atom.